The Balaban J connectivity index is 3.04. The molecule has 0 fully saturated rings. The molecule has 0 N–H and O–H groups in total. The highest BCUT2D eigenvalue weighted by molar-refractivity contribution is 5.96. The van der Waals surface area contributed by atoms with Crippen LogP contribution in [0.15, 0.2) is 36.0 Å². The molecule has 1 atom stereocenters. The van der Waals surface area contributed by atoms with Crippen molar-refractivity contribution in [3.05, 3.63) is 36.0 Å². The summed E-state index contributed by atoms with van der Waals surface area (Å²) in [7, 11) is 0. The van der Waals surface area contributed by atoms with Gasteiger partial charge in [0.15, 0.2) is 5.78 Å². The lowest BCUT2D eigenvalue weighted by Crippen LogP contribution is -2.09. The molecule has 1 nitrogen and oxygen atoms in total. The number of carbonyl (C=O) groups excluding carboxylic acids is 1. The molecule has 1 unspecified atom stereocenters. The standard InChI is InChI=1S/C12H16O/c1-4-12(3)8-6-5-7-11(9-12)10(2)13/h5-9H,4H2,1-3H3. The number of ketones is 1. The van der Waals surface area contributed by atoms with Crippen molar-refractivity contribution in [2.24, 2.45) is 5.41 Å². The van der Waals surface area contributed by atoms with Gasteiger partial charge < -0.3 is 0 Å². The molecule has 0 heterocycles. The Bertz CT molecular complexity index is 294. The second-order valence-corrected chi connectivity index (χ2v) is 3.73. The van der Waals surface area contributed by atoms with E-state index in [4.69, 9.17) is 0 Å². The average molecular weight is 176 g/mol. The van der Waals surface area contributed by atoms with E-state index in [1.165, 1.54) is 0 Å². The van der Waals surface area contributed by atoms with Crippen molar-refractivity contribution >= 4 is 5.78 Å². The topological polar surface area (TPSA) is 17.1 Å². The summed E-state index contributed by atoms with van der Waals surface area (Å²) in [5.74, 6) is 0.139. The summed E-state index contributed by atoms with van der Waals surface area (Å²) in [5.41, 5.74) is 0.846. The molecule has 1 aliphatic carbocycles. The molecule has 70 valence electrons. The molecule has 1 rings (SSSR count). The first-order valence-corrected chi connectivity index (χ1v) is 4.67. The van der Waals surface area contributed by atoms with Crippen LogP contribution in [0.2, 0.25) is 0 Å². The fourth-order valence-electron chi connectivity index (χ4n) is 1.32. The fourth-order valence-corrected chi connectivity index (χ4v) is 1.32. The van der Waals surface area contributed by atoms with Crippen molar-refractivity contribution in [1.82, 2.24) is 0 Å². The van der Waals surface area contributed by atoms with E-state index in [0.717, 1.165) is 12.0 Å². The SMILES string of the molecule is CCC1(C)C=CC=CC(C(C)=O)=C1. The molecule has 0 saturated heterocycles. The van der Waals surface area contributed by atoms with E-state index < -0.39 is 0 Å². The van der Waals surface area contributed by atoms with E-state index in [1.807, 2.05) is 18.2 Å². The first kappa shape index (κ1) is 9.97. The lowest BCUT2D eigenvalue weighted by Gasteiger charge is -2.19. The lowest BCUT2D eigenvalue weighted by atomic mass is 9.85. The highest BCUT2D eigenvalue weighted by Crippen LogP contribution is 2.28. The quantitative estimate of drug-likeness (QED) is 0.632. The first-order chi connectivity index (χ1) is 6.07. The molecule has 1 aliphatic rings. The van der Waals surface area contributed by atoms with Crippen LogP contribution in [0.4, 0.5) is 0 Å². The Morgan fingerprint density at radius 3 is 2.69 bits per heavy atom. The second kappa shape index (κ2) is 3.73. The Kier molecular flexibility index (Phi) is 2.86. The third kappa shape index (κ3) is 2.41. The first-order valence-electron chi connectivity index (χ1n) is 4.67. The van der Waals surface area contributed by atoms with Gasteiger partial charge in [-0.2, -0.15) is 0 Å². The molecule has 1 heteroatoms. The van der Waals surface area contributed by atoms with Gasteiger partial charge in [-0.1, -0.05) is 44.2 Å². The number of carbonyl (C=O) groups is 1. The molecule has 0 saturated carbocycles. The van der Waals surface area contributed by atoms with Gasteiger partial charge in [0, 0.05) is 11.0 Å². The van der Waals surface area contributed by atoms with Gasteiger partial charge in [0.05, 0.1) is 0 Å². The largest absolute Gasteiger partial charge is 0.295 e. The van der Waals surface area contributed by atoms with Gasteiger partial charge in [-0.15, -0.1) is 0 Å². The molecule has 0 aliphatic heterocycles. The predicted molar refractivity (Wildman–Crippen MR) is 55.4 cm³/mol. The Morgan fingerprint density at radius 2 is 2.15 bits per heavy atom. The highest BCUT2D eigenvalue weighted by Gasteiger charge is 2.17. The summed E-state index contributed by atoms with van der Waals surface area (Å²) in [6, 6.07) is 0. The minimum Gasteiger partial charge on any atom is -0.295 e. The van der Waals surface area contributed by atoms with Crippen LogP contribution in [0.25, 0.3) is 0 Å². The molecule has 13 heavy (non-hydrogen) atoms. The monoisotopic (exact) mass is 176 g/mol. The molecular weight excluding hydrogens is 160 g/mol. The molecule has 0 aromatic heterocycles. The second-order valence-electron chi connectivity index (χ2n) is 3.73. The van der Waals surface area contributed by atoms with Crippen molar-refractivity contribution in [3.63, 3.8) is 0 Å². The molecular formula is C12H16O. The number of hydrogen-bond donors (Lipinski definition) is 0. The van der Waals surface area contributed by atoms with Crippen LogP contribution in [0.1, 0.15) is 27.2 Å². The van der Waals surface area contributed by atoms with E-state index in [1.54, 1.807) is 6.92 Å². The van der Waals surface area contributed by atoms with Crippen LogP contribution in [0.3, 0.4) is 0 Å². The van der Waals surface area contributed by atoms with Gasteiger partial charge in [-0.3, -0.25) is 4.79 Å². The summed E-state index contributed by atoms with van der Waals surface area (Å²) < 4.78 is 0. The highest BCUT2D eigenvalue weighted by atomic mass is 16.1. The van der Waals surface area contributed by atoms with Crippen LogP contribution in [-0.4, -0.2) is 5.78 Å². The maximum Gasteiger partial charge on any atom is 0.159 e. The summed E-state index contributed by atoms with van der Waals surface area (Å²) in [5, 5.41) is 0. The van der Waals surface area contributed by atoms with Crippen LogP contribution >= 0.6 is 0 Å². The molecule has 0 amide bonds. The Morgan fingerprint density at radius 1 is 1.46 bits per heavy atom. The van der Waals surface area contributed by atoms with E-state index in [2.05, 4.69) is 26.0 Å². The van der Waals surface area contributed by atoms with E-state index in [-0.39, 0.29) is 11.2 Å². The van der Waals surface area contributed by atoms with Crippen LogP contribution in [0, 0.1) is 5.41 Å². The van der Waals surface area contributed by atoms with Crippen molar-refractivity contribution in [3.8, 4) is 0 Å². The van der Waals surface area contributed by atoms with Crippen LogP contribution in [0.5, 0.6) is 0 Å². The van der Waals surface area contributed by atoms with Crippen molar-refractivity contribution < 1.29 is 4.79 Å². The minimum atomic E-state index is 0.0322. The molecule has 0 aromatic rings. The van der Waals surface area contributed by atoms with E-state index >= 15 is 0 Å². The number of allylic oxidation sites excluding steroid dienone is 6. The summed E-state index contributed by atoms with van der Waals surface area (Å²) >= 11 is 0. The van der Waals surface area contributed by atoms with Crippen molar-refractivity contribution in [2.75, 3.05) is 0 Å². The summed E-state index contributed by atoms with van der Waals surface area (Å²) in [4.78, 5) is 11.2. The van der Waals surface area contributed by atoms with Gasteiger partial charge in [0.25, 0.3) is 0 Å². The van der Waals surface area contributed by atoms with Gasteiger partial charge >= 0.3 is 0 Å². The molecule has 0 aromatic carbocycles. The van der Waals surface area contributed by atoms with Gasteiger partial charge in [-0.25, -0.2) is 0 Å². The molecule has 0 bridgehead atoms. The smallest absolute Gasteiger partial charge is 0.159 e. The molecule has 0 radical (unpaired) electrons. The zero-order valence-corrected chi connectivity index (χ0v) is 8.50. The van der Waals surface area contributed by atoms with E-state index in [0.29, 0.717) is 0 Å². The zero-order valence-electron chi connectivity index (χ0n) is 8.50. The minimum absolute atomic E-state index is 0.0322. The maximum atomic E-state index is 11.2. The number of Topliss-reactive ketones (excluding diaryl/α,β-unsaturated/α-hetero) is 1. The maximum absolute atomic E-state index is 11.2. The van der Waals surface area contributed by atoms with Gasteiger partial charge in [0.1, 0.15) is 0 Å². The summed E-state index contributed by atoms with van der Waals surface area (Å²) in [6.45, 7) is 5.88. The fraction of sp³-hybridized carbons (Fsp3) is 0.417. The third-order valence-electron chi connectivity index (χ3n) is 2.52. The van der Waals surface area contributed by atoms with E-state index in [9.17, 15) is 4.79 Å². The lowest BCUT2D eigenvalue weighted by molar-refractivity contribution is -0.113. The predicted octanol–water partition coefficient (Wildman–Crippen LogP) is 3.04. The van der Waals surface area contributed by atoms with Gasteiger partial charge in [-0.05, 0) is 13.3 Å². The van der Waals surface area contributed by atoms with Crippen molar-refractivity contribution in [1.29, 1.82) is 0 Å². The number of rotatable bonds is 2. The average Bonchev–Trinajstić information content (AvgIpc) is 2.28. The van der Waals surface area contributed by atoms with Gasteiger partial charge in [0.2, 0.25) is 0 Å². The normalized spacial score (nSPS) is 26.8. The van der Waals surface area contributed by atoms with Crippen LogP contribution in [-0.2, 0) is 4.79 Å². The number of hydrogen-bond acceptors (Lipinski definition) is 1. The Hall–Kier alpha value is -1.11. The Labute approximate surface area is 79.8 Å². The summed E-state index contributed by atoms with van der Waals surface area (Å²) in [6.07, 6.45) is 11.0. The van der Waals surface area contributed by atoms with Crippen molar-refractivity contribution in [2.45, 2.75) is 27.2 Å². The molecule has 0 spiro atoms. The zero-order chi connectivity index (χ0) is 9.90. The third-order valence-corrected chi connectivity index (χ3v) is 2.52. The van der Waals surface area contributed by atoms with Crippen LogP contribution < -0.4 is 0 Å².